The zero-order valence-corrected chi connectivity index (χ0v) is 15.9. The van der Waals surface area contributed by atoms with E-state index in [-0.39, 0.29) is 18.8 Å². The summed E-state index contributed by atoms with van der Waals surface area (Å²) in [5.74, 6) is 0.101. The summed E-state index contributed by atoms with van der Waals surface area (Å²) in [6.45, 7) is 4.01. The van der Waals surface area contributed by atoms with Gasteiger partial charge in [0.05, 0.1) is 14.2 Å². The molecule has 0 aliphatic rings. The number of hydrogen-bond acceptors (Lipinski definition) is 8. The number of esters is 1. The van der Waals surface area contributed by atoms with E-state index in [1.807, 2.05) is 0 Å². The SMILES string of the molecule is C=CCNc1nc(C(=O)OCC(=O)NCc2ccc(OC)c(OC)c2)cs1. The smallest absolute Gasteiger partial charge is 0.358 e. The van der Waals surface area contributed by atoms with Gasteiger partial charge in [-0.25, -0.2) is 9.78 Å². The molecule has 0 atom stereocenters. The number of carbonyl (C=O) groups excluding carboxylic acids is 2. The fourth-order valence-corrected chi connectivity index (χ4v) is 2.75. The Morgan fingerprint density at radius 2 is 2.04 bits per heavy atom. The van der Waals surface area contributed by atoms with Crippen LogP contribution in [0.25, 0.3) is 0 Å². The van der Waals surface area contributed by atoms with E-state index < -0.39 is 11.9 Å². The van der Waals surface area contributed by atoms with E-state index in [9.17, 15) is 9.59 Å². The molecule has 0 aliphatic heterocycles. The van der Waals surface area contributed by atoms with Crippen molar-refractivity contribution < 1.29 is 23.8 Å². The zero-order chi connectivity index (χ0) is 19.6. The number of hydrogen-bond donors (Lipinski definition) is 2. The standard InChI is InChI=1S/C18H21N3O5S/c1-4-7-19-18-21-13(11-27-18)17(23)26-10-16(22)20-9-12-5-6-14(24-2)15(8-12)25-3/h4-6,8,11H,1,7,9-10H2,2-3H3,(H,19,21)(H,20,22). The summed E-state index contributed by atoms with van der Waals surface area (Å²) in [7, 11) is 3.09. The summed E-state index contributed by atoms with van der Waals surface area (Å²) in [5, 5.41) is 7.80. The minimum absolute atomic E-state index is 0.152. The Labute approximate surface area is 161 Å². The van der Waals surface area contributed by atoms with Crippen molar-refractivity contribution in [3.05, 3.63) is 47.5 Å². The highest BCUT2D eigenvalue weighted by Gasteiger charge is 2.14. The maximum atomic E-state index is 11.9. The Balaban J connectivity index is 1.79. The van der Waals surface area contributed by atoms with Crippen molar-refractivity contribution in [2.24, 2.45) is 0 Å². The van der Waals surface area contributed by atoms with Crippen molar-refractivity contribution in [3.63, 3.8) is 0 Å². The fourth-order valence-electron chi connectivity index (χ4n) is 2.06. The second-order valence-electron chi connectivity index (χ2n) is 5.25. The van der Waals surface area contributed by atoms with Gasteiger partial charge in [-0.2, -0.15) is 0 Å². The van der Waals surface area contributed by atoms with Crippen LogP contribution in [0.1, 0.15) is 16.1 Å². The topological polar surface area (TPSA) is 98.8 Å². The van der Waals surface area contributed by atoms with Crippen molar-refractivity contribution in [3.8, 4) is 11.5 Å². The van der Waals surface area contributed by atoms with Crippen molar-refractivity contribution in [2.75, 3.05) is 32.7 Å². The average molecular weight is 391 g/mol. The third-order valence-corrected chi connectivity index (χ3v) is 4.18. The monoisotopic (exact) mass is 391 g/mol. The van der Waals surface area contributed by atoms with Crippen molar-refractivity contribution in [1.82, 2.24) is 10.3 Å². The predicted molar refractivity (Wildman–Crippen MR) is 102 cm³/mol. The van der Waals surface area contributed by atoms with Gasteiger partial charge < -0.3 is 24.8 Å². The molecule has 0 aliphatic carbocycles. The number of aromatic nitrogens is 1. The number of benzene rings is 1. The summed E-state index contributed by atoms with van der Waals surface area (Å²) < 4.78 is 15.4. The van der Waals surface area contributed by atoms with Gasteiger partial charge in [0.15, 0.2) is 28.9 Å². The lowest BCUT2D eigenvalue weighted by molar-refractivity contribution is -0.124. The molecule has 0 bridgehead atoms. The lowest BCUT2D eigenvalue weighted by Gasteiger charge is -2.10. The van der Waals surface area contributed by atoms with Crippen molar-refractivity contribution >= 4 is 28.3 Å². The molecule has 0 saturated heterocycles. The molecule has 0 spiro atoms. The number of thiazole rings is 1. The average Bonchev–Trinajstić information content (AvgIpc) is 3.17. The van der Waals surface area contributed by atoms with Crippen LogP contribution in [0.15, 0.2) is 36.2 Å². The number of nitrogens with one attached hydrogen (secondary N) is 2. The molecule has 2 aromatic rings. The molecule has 1 heterocycles. The van der Waals surface area contributed by atoms with Gasteiger partial charge in [-0.15, -0.1) is 17.9 Å². The minimum Gasteiger partial charge on any atom is -0.493 e. The molecule has 1 aromatic carbocycles. The molecular weight excluding hydrogens is 370 g/mol. The molecule has 27 heavy (non-hydrogen) atoms. The summed E-state index contributed by atoms with van der Waals surface area (Å²) >= 11 is 1.27. The van der Waals surface area contributed by atoms with E-state index in [0.717, 1.165) is 5.56 Å². The minimum atomic E-state index is -0.654. The van der Waals surface area contributed by atoms with Gasteiger partial charge in [-0.3, -0.25) is 4.79 Å². The fraction of sp³-hybridized carbons (Fsp3) is 0.278. The normalized spacial score (nSPS) is 10.0. The first-order chi connectivity index (χ1) is 13.1. The van der Waals surface area contributed by atoms with Crippen LogP contribution in [-0.2, 0) is 16.1 Å². The van der Waals surface area contributed by atoms with Crippen LogP contribution >= 0.6 is 11.3 Å². The number of nitrogens with zero attached hydrogens (tertiary/aromatic N) is 1. The van der Waals surface area contributed by atoms with Gasteiger partial charge in [-0.05, 0) is 17.7 Å². The summed E-state index contributed by atoms with van der Waals surface area (Å²) in [5.41, 5.74) is 0.976. The Morgan fingerprint density at radius 3 is 2.74 bits per heavy atom. The molecule has 2 N–H and O–H groups in total. The second-order valence-corrected chi connectivity index (χ2v) is 6.11. The van der Waals surface area contributed by atoms with Gasteiger partial charge in [-0.1, -0.05) is 12.1 Å². The highest BCUT2D eigenvalue weighted by molar-refractivity contribution is 7.13. The molecule has 0 unspecified atom stereocenters. The molecule has 1 amide bonds. The molecule has 0 radical (unpaired) electrons. The number of anilines is 1. The molecule has 8 nitrogen and oxygen atoms in total. The van der Waals surface area contributed by atoms with E-state index in [2.05, 4.69) is 22.2 Å². The van der Waals surface area contributed by atoms with Gasteiger partial charge in [0.2, 0.25) is 0 Å². The van der Waals surface area contributed by atoms with Gasteiger partial charge in [0.1, 0.15) is 0 Å². The Morgan fingerprint density at radius 1 is 1.26 bits per heavy atom. The molecule has 9 heteroatoms. The summed E-state index contributed by atoms with van der Waals surface area (Å²) in [6, 6.07) is 5.32. The van der Waals surface area contributed by atoms with Crippen LogP contribution in [0.3, 0.4) is 0 Å². The summed E-state index contributed by atoms with van der Waals surface area (Å²) in [6.07, 6.45) is 1.68. The van der Waals surface area contributed by atoms with Crippen molar-refractivity contribution in [2.45, 2.75) is 6.54 Å². The Bertz CT molecular complexity index is 806. The quantitative estimate of drug-likeness (QED) is 0.473. The van der Waals surface area contributed by atoms with Gasteiger partial charge in [0, 0.05) is 18.5 Å². The Hall–Kier alpha value is -3.07. The molecule has 2 rings (SSSR count). The number of ether oxygens (including phenoxy) is 3. The van der Waals surface area contributed by atoms with E-state index in [1.165, 1.54) is 18.4 Å². The third-order valence-electron chi connectivity index (χ3n) is 3.38. The highest BCUT2D eigenvalue weighted by atomic mass is 32.1. The maximum Gasteiger partial charge on any atom is 0.358 e. The molecule has 0 fully saturated rings. The second kappa shape index (κ2) is 10.2. The van der Waals surface area contributed by atoms with Crippen LogP contribution in [0, 0.1) is 0 Å². The summed E-state index contributed by atoms with van der Waals surface area (Å²) in [4.78, 5) is 27.9. The highest BCUT2D eigenvalue weighted by Crippen LogP contribution is 2.27. The largest absolute Gasteiger partial charge is 0.493 e. The van der Waals surface area contributed by atoms with Crippen LogP contribution in [0.5, 0.6) is 11.5 Å². The van der Waals surface area contributed by atoms with E-state index >= 15 is 0 Å². The van der Waals surface area contributed by atoms with Gasteiger partial charge in [0.25, 0.3) is 5.91 Å². The van der Waals surface area contributed by atoms with E-state index in [4.69, 9.17) is 14.2 Å². The first-order valence-corrected chi connectivity index (χ1v) is 8.90. The maximum absolute atomic E-state index is 11.9. The zero-order valence-electron chi connectivity index (χ0n) is 15.1. The molecule has 1 aromatic heterocycles. The molecule has 144 valence electrons. The number of rotatable bonds is 10. The number of carbonyl (C=O) groups is 2. The van der Waals surface area contributed by atoms with Gasteiger partial charge >= 0.3 is 5.97 Å². The van der Waals surface area contributed by atoms with E-state index in [1.54, 1.807) is 36.8 Å². The predicted octanol–water partition coefficient (Wildman–Crippen LogP) is 2.23. The van der Waals surface area contributed by atoms with Crippen LogP contribution in [0.4, 0.5) is 5.13 Å². The first kappa shape index (κ1) is 20.2. The van der Waals surface area contributed by atoms with Crippen LogP contribution in [0.2, 0.25) is 0 Å². The van der Waals surface area contributed by atoms with E-state index in [0.29, 0.717) is 23.2 Å². The molecular formula is C18H21N3O5S. The molecule has 0 saturated carbocycles. The van der Waals surface area contributed by atoms with Crippen LogP contribution in [-0.4, -0.2) is 44.2 Å². The lowest BCUT2D eigenvalue weighted by Crippen LogP contribution is -2.28. The lowest BCUT2D eigenvalue weighted by atomic mass is 10.2. The number of amides is 1. The van der Waals surface area contributed by atoms with Crippen LogP contribution < -0.4 is 20.1 Å². The Kier molecular flexibility index (Phi) is 7.63. The van der Waals surface area contributed by atoms with Crippen molar-refractivity contribution in [1.29, 1.82) is 0 Å². The number of methoxy groups -OCH3 is 2. The third kappa shape index (κ3) is 6.00. The first-order valence-electron chi connectivity index (χ1n) is 8.02.